The lowest BCUT2D eigenvalue weighted by atomic mass is 10.4. The Morgan fingerprint density at radius 3 is 3.20 bits per heavy atom. The predicted octanol–water partition coefficient (Wildman–Crippen LogP) is 1.92. The van der Waals surface area contributed by atoms with Crippen LogP contribution in [0.2, 0.25) is 0 Å². The summed E-state index contributed by atoms with van der Waals surface area (Å²) in [5, 5.41) is 5.95. The molecule has 0 spiro atoms. The Morgan fingerprint density at radius 2 is 2.53 bits per heavy atom. The lowest BCUT2D eigenvalue weighted by Crippen LogP contribution is -2.22. The summed E-state index contributed by atoms with van der Waals surface area (Å²) in [6, 6.07) is 3.43. The first-order valence-electron chi connectivity index (χ1n) is 4.09. The third kappa shape index (κ3) is 3.35. The van der Waals surface area contributed by atoms with Crippen LogP contribution in [0, 0.1) is 12.3 Å². The van der Waals surface area contributed by atoms with Gasteiger partial charge in [0, 0.05) is 9.79 Å². The smallest absolute Gasteiger partial charge is 0.262 e. The van der Waals surface area contributed by atoms with E-state index < -0.39 is 0 Å². The summed E-state index contributed by atoms with van der Waals surface area (Å²) in [5.74, 6) is 2.11. The molecule has 0 atom stereocenters. The van der Waals surface area contributed by atoms with E-state index in [0.717, 1.165) is 4.88 Å². The van der Waals surface area contributed by atoms with E-state index in [1.807, 2.05) is 0 Å². The quantitative estimate of drug-likeness (QED) is 0.358. The predicted molar refractivity (Wildman–Crippen MR) is 58.3 cm³/mol. The highest BCUT2D eigenvalue weighted by molar-refractivity contribution is 7.14. The van der Waals surface area contributed by atoms with E-state index in [1.165, 1.54) is 11.3 Å². The molecule has 5 nitrogen and oxygen atoms in total. The zero-order valence-corrected chi connectivity index (χ0v) is 8.62. The highest BCUT2D eigenvalue weighted by Gasteiger charge is 2.07. The van der Waals surface area contributed by atoms with Crippen molar-refractivity contribution in [2.45, 2.75) is 6.54 Å². The third-order valence-corrected chi connectivity index (χ3v) is 2.60. The van der Waals surface area contributed by atoms with E-state index in [1.54, 1.807) is 12.1 Å². The number of amides is 1. The molecule has 6 heteroatoms. The third-order valence-electron chi connectivity index (χ3n) is 1.53. The number of azide groups is 1. The van der Waals surface area contributed by atoms with Gasteiger partial charge in [0.2, 0.25) is 0 Å². The summed E-state index contributed by atoms with van der Waals surface area (Å²) in [6.07, 6.45) is 5.01. The van der Waals surface area contributed by atoms with Crippen LogP contribution in [0.15, 0.2) is 17.2 Å². The van der Waals surface area contributed by atoms with Gasteiger partial charge < -0.3 is 5.32 Å². The van der Waals surface area contributed by atoms with Gasteiger partial charge in [-0.05, 0) is 17.7 Å². The van der Waals surface area contributed by atoms with Crippen LogP contribution in [-0.2, 0) is 6.54 Å². The van der Waals surface area contributed by atoms with E-state index in [-0.39, 0.29) is 19.0 Å². The van der Waals surface area contributed by atoms with Gasteiger partial charge in [0.25, 0.3) is 5.91 Å². The summed E-state index contributed by atoms with van der Waals surface area (Å²) in [7, 11) is 0. The van der Waals surface area contributed by atoms with Gasteiger partial charge >= 0.3 is 0 Å². The number of rotatable bonds is 4. The van der Waals surface area contributed by atoms with Crippen LogP contribution < -0.4 is 5.32 Å². The maximum absolute atomic E-state index is 11.4. The first kappa shape index (κ1) is 11.1. The Labute approximate surface area is 90.7 Å². The lowest BCUT2D eigenvalue weighted by Gasteiger charge is -1.96. The average Bonchev–Trinajstić information content (AvgIpc) is 2.71. The number of nitrogens with one attached hydrogen (secondary N) is 1. The molecule has 0 fully saturated rings. The number of hydrogen-bond acceptors (Lipinski definition) is 3. The molecule has 0 saturated carbocycles. The molecule has 0 unspecified atom stereocenters. The minimum absolute atomic E-state index is 0.204. The Hall–Kier alpha value is -1.96. The van der Waals surface area contributed by atoms with Crippen molar-refractivity contribution in [2.24, 2.45) is 5.11 Å². The Morgan fingerprint density at radius 1 is 1.73 bits per heavy atom. The molecule has 0 saturated heterocycles. The average molecular weight is 220 g/mol. The highest BCUT2D eigenvalue weighted by atomic mass is 32.1. The summed E-state index contributed by atoms with van der Waals surface area (Å²) in [5.41, 5.74) is 8.12. The number of carbonyl (C=O) groups excluding carboxylic acids is 1. The maximum Gasteiger partial charge on any atom is 0.262 e. The van der Waals surface area contributed by atoms with Crippen molar-refractivity contribution >= 4 is 17.2 Å². The highest BCUT2D eigenvalue weighted by Crippen LogP contribution is 2.17. The topological polar surface area (TPSA) is 77.9 Å². The van der Waals surface area contributed by atoms with E-state index in [4.69, 9.17) is 12.0 Å². The van der Waals surface area contributed by atoms with Crippen LogP contribution in [0.5, 0.6) is 0 Å². The summed E-state index contributed by atoms with van der Waals surface area (Å²) < 4.78 is 0. The fourth-order valence-corrected chi connectivity index (χ4v) is 1.75. The molecule has 1 N–H and O–H groups in total. The van der Waals surface area contributed by atoms with Gasteiger partial charge in [-0.1, -0.05) is 11.0 Å². The monoisotopic (exact) mass is 220 g/mol. The van der Waals surface area contributed by atoms with Crippen molar-refractivity contribution < 1.29 is 4.79 Å². The van der Waals surface area contributed by atoms with Crippen LogP contribution in [0.25, 0.3) is 10.4 Å². The van der Waals surface area contributed by atoms with Crippen molar-refractivity contribution in [2.75, 3.05) is 6.54 Å². The van der Waals surface area contributed by atoms with Gasteiger partial charge in [-0.25, -0.2) is 0 Å². The standard InChI is InChI=1S/C9H8N4OS/c1-2-5-11-9(14)8-4-3-7(15-8)6-12-13-10/h1,3-4H,5-6H2,(H,11,14). The molecular formula is C9H8N4OS. The minimum Gasteiger partial charge on any atom is -0.340 e. The number of hydrogen-bond donors (Lipinski definition) is 1. The molecule has 1 aromatic rings. The first-order chi connectivity index (χ1) is 7.27. The Bertz CT molecular complexity index is 439. The fourth-order valence-electron chi connectivity index (χ4n) is 0.905. The lowest BCUT2D eigenvalue weighted by molar-refractivity contribution is 0.0963. The van der Waals surface area contributed by atoms with Crippen LogP contribution in [0.1, 0.15) is 14.5 Å². The molecule has 0 bridgehead atoms. The van der Waals surface area contributed by atoms with Crippen molar-refractivity contribution in [1.29, 1.82) is 0 Å². The summed E-state index contributed by atoms with van der Waals surface area (Å²) in [6.45, 7) is 0.478. The molecule has 0 aliphatic heterocycles. The Kier molecular flexibility index (Phi) is 4.23. The summed E-state index contributed by atoms with van der Waals surface area (Å²) in [4.78, 5) is 15.4. The van der Waals surface area contributed by atoms with Crippen LogP contribution in [0.3, 0.4) is 0 Å². The van der Waals surface area contributed by atoms with Gasteiger partial charge in [0.1, 0.15) is 0 Å². The van der Waals surface area contributed by atoms with E-state index in [2.05, 4.69) is 21.3 Å². The Balaban J connectivity index is 2.63. The molecule has 0 aliphatic carbocycles. The van der Waals surface area contributed by atoms with Crippen molar-refractivity contribution in [3.63, 3.8) is 0 Å². The molecule has 1 rings (SSSR count). The molecule has 0 aromatic carbocycles. The normalized spacial score (nSPS) is 8.73. The van der Waals surface area contributed by atoms with Crippen LogP contribution in [0.4, 0.5) is 0 Å². The fraction of sp³-hybridized carbons (Fsp3) is 0.222. The molecule has 1 amide bonds. The van der Waals surface area contributed by atoms with Gasteiger partial charge in [0.05, 0.1) is 18.0 Å². The largest absolute Gasteiger partial charge is 0.340 e. The first-order valence-corrected chi connectivity index (χ1v) is 4.91. The van der Waals surface area contributed by atoms with Crippen molar-refractivity contribution in [3.8, 4) is 12.3 Å². The van der Waals surface area contributed by atoms with E-state index in [0.29, 0.717) is 4.88 Å². The van der Waals surface area contributed by atoms with E-state index in [9.17, 15) is 4.79 Å². The molecular weight excluding hydrogens is 212 g/mol. The van der Waals surface area contributed by atoms with E-state index >= 15 is 0 Å². The molecule has 0 aliphatic rings. The van der Waals surface area contributed by atoms with Gasteiger partial charge in [-0.3, -0.25) is 4.79 Å². The SMILES string of the molecule is C#CCNC(=O)c1ccc(CN=[N+]=[N-])s1. The van der Waals surface area contributed by atoms with Crippen LogP contribution >= 0.6 is 11.3 Å². The summed E-state index contributed by atoms with van der Waals surface area (Å²) >= 11 is 1.29. The zero-order chi connectivity index (χ0) is 11.1. The van der Waals surface area contributed by atoms with Gasteiger partial charge in [-0.15, -0.1) is 17.8 Å². The van der Waals surface area contributed by atoms with Gasteiger partial charge in [-0.2, -0.15) is 0 Å². The number of terminal acetylenes is 1. The van der Waals surface area contributed by atoms with Crippen molar-refractivity contribution in [3.05, 3.63) is 32.3 Å². The molecule has 0 radical (unpaired) electrons. The second-order valence-corrected chi connectivity index (χ2v) is 3.71. The number of nitrogens with zero attached hydrogens (tertiary/aromatic N) is 3. The number of thiophene rings is 1. The molecule has 1 aromatic heterocycles. The van der Waals surface area contributed by atoms with Gasteiger partial charge in [0.15, 0.2) is 0 Å². The zero-order valence-electron chi connectivity index (χ0n) is 7.80. The second-order valence-electron chi connectivity index (χ2n) is 2.54. The van der Waals surface area contributed by atoms with Crippen molar-refractivity contribution in [1.82, 2.24) is 5.32 Å². The maximum atomic E-state index is 11.4. The minimum atomic E-state index is -0.204. The second kappa shape index (κ2) is 5.70. The molecule has 1 heterocycles. The molecule has 76 valence electrons. The van der Waals surface area contributed by atoms with Crippen LogP contribution in [-0.4, -0.2) is 12.5 Å². The molecule has 15 heavy (non-hydrogen) atoms. The number of carbonyl (C=O) groups is 1.